The summed E-state index contributed by atoms with van der Waals surface area (Å²) in [5.74, 6) is 1.66. The number of piperidine rings is 1. The van der Waals surface area contributed by atoms with Crippen molar-refractivity contribution in [1.82, 2.24) is 9.88 Å². The number of hydrogen-bond donors (Lipinski definition) is 1. The Hall–Kier alpha value is -2.66. The lowest BCUT2D eigenvalue weighted by molar-refractivity contribution is 0.0713. The van der Waals surface area contributed by atoms with Gasteiger partial charge in [0, 0.05) is 40.8 Å². The first-order valence-corrected chi connectivity index (χ1v) is 9.76. The predicted octanol–water partition coefficient (Wildman–Crippen LogP) is 4.86. The van der Waals surface area contributed by atoms with Crippen LogP contribution in [0.4, 0.5) is 0 Å². The molecule has 146 valence electrons. The van der Waals surface area contributed by atoms with Crippen LogP contribution in [0.2, 0.25) is 5.02 Å². The number of aromatic amines is 1. The molecule has 0 aliphatic carbocycles. The number of nitrogens with one attached hydrogen (secondary N) is 1. The van der Waals surface area contributed by atoms with Crippen LogP contribution in [-0.2, 0) is 0 Å². The zero-order valence-corrected chi connectivity index (χ0v) is 16.8. The average Bonchev–Trinajstić information content (AvgIpc) is 3.15. The zero-order chi connectivity index (χ0) is 19.7. The lowest BCUT2D eigenvalue weighted by Gasteiger charge is -2.32. The Kier molecular flexibility index (Phi) is 5.18. The smallest absolute Gasteiger partial charge is 0.253 e. The largest absolute Gasteiger partial charge is 0.493 e. The number of amides is 1. The Bertz CT molecular complexity index is 1010. The molecule has 1 amide bonds. The van der Waals surface area contributed by atoms with Crippen molar-refractivity contribution in [3.8, 4) is 11.5 Å². The van der Waals surface area contributed by atoms with Crippen molar-refractivity contribution in [2.45, 2.75) is 18.8 Å². The van der Waals surface area contributed by atoms with E-state index in [0.717, 1.165) is 36.5 Å². The minimum Gasteiger partial charge on any atom is -0.493 e. The lowest BCUT2D eigenvalue weighted by atomic mass is 9.89. The molecule has 1 aliphatic heterocycles. The number of ether oxygens (including phenoxy) is 2. The van der Waals surface area contributed by atoms with Crippen LogP contribution >= 0.6 is 11.6 Å². The van der Waals surface area contributed by atoms with Crippen LogP contribution in [0.15, 0.2) is 42.6 Å². The lowest BCUT2D eigenvalue weighted by Crippen LogP contribution is -2.37. The van der Waals surface area contributed by atoms with Gasteiger partial charge in [-0.05, 0) is 54.7 Å². The number of methoxy groups -OCH3 is 2. The molecule has 1 aliphatic rings. The molecule has 1 fully saturated rings. The first kappa shape index (κ1) is 18.7. The average molecular weight is 399 g/mol. The van der Waals surface area contributed by atoms with Crippen LogP contribution in [0.1, 0.15) is 34.7 Å². The molecule has 2 heterocycles. The molecule has 0 atom stereocenters. The highest BCUT2D eigenvalue weighted by molar-refractivity contribution is 6.31. The maximum Gasteiger partial charge on any atom is 0.253 e. The van der Waals surface area contributed by atoms with Crippen molar-refractivity contribution < 1.29 is 14.3 Å². The van der Waals surface area contributed by atoms with Crippen molar-refractivity contribution >= 4 is 28.4 Å². The third kappa shape index (κ3) is 3.42. The maximum atomic E-state index is 12.9. The van der Waals surface area contributed by atoms with Crippen molar-refractivity contribution in [3.05, 3.63) is 58.7 Å². The van der Waals surface area contributed by atoms with Gasteiger partial charge in [0.2, 0.25) is 0 Å². The summed E-state index contributed by atoms with van der Waals surface area (Å²) in [5.41, 5.74) is 2.99. The Labute approximate surface area is 169 Å². The highest BCUT2D eigenvalue weighted by Crippen LogP contribution is 2.35. The van der Waals surface area contributed by atoms with Gasteiger partial charge < -0.3 is 19.4 Å². The van der Waals surface area contributed by atoms with Crippen LogP contribution in [0.5, 0.6) is 11.5 Å². The van der Waals surface area contributed by atoms with Gasteiger partial charge in [-0.3, -0.25) is 4.79 Å². The molecule has 4 rings (SSSR count). The van der Waals surface area contributed by atoms with Gasteiger partial charge >= 0.3 is 0 Å². The fourth-order valence-electron chi connectivity index (χ4n) is 4.00. The van der Waals surface area contributed by atoms with E-state index in [1.807, 2.05) is 17.0 Å². The number of carbonyl (C=O) groups is 1. The number of fused-ring (bicyclic) bond motifs is 1. The summed E-state index contributed by atoms with van der Waals surface area (Å²) in [6.07, 6.45) is 3.96. The minimum atomic E-state index is 0.0325. The molecule has 6 heteroatoms. The van der Waals surface area contributed by atoms with Gasteiger partial charge in [-0.2, -0.15) is 0 Å². The van der Waals surface area contributed by atoms with Gasteiger partial charge in [-0.25, -0.2) is 0 Å². The molecule has 0 spiro atoms. The van der Waals surface area contributed by atoms with E-state index in [1.54, 1.807) is 32.4 Å². The van der Waals surface area contributed by atoms with Crippen molar-refractivity contribution in [2.75, 3.05) is 27.3 Å². The monoisotopic (exact) mass is 398 g/mol. The number of halogens is 1. The molecule has 28 heavy (non-hydrogen) atoms. The molecule has 3 aromatic rings. The summed E-state index contributed by atoms with van der Waals surface area (Å²) in [5, 5.41) is 1.95. The van der Waals surface area contributed by atoms with E-state index in [-0.39, 0.29) is 5.91 Å². The number of nitrogens with zero attached hydrogens (tertiary/aromatic N) is 1. The SMILES string of the molecule is COc1ccc(C(=O)N2CCC(c3c[nH]c4cc(Cl)ccc34)CC2)cc1OC. The second-order valence-corrected chi connectivity index (χ2v) is 7.51. The summed E-state index contributed by atoms with van der Waals surface area (Å²) in [7, 11) is 3.16. The number of H-pyrrole nitrogens is 1. The van der Waals surface area contributed by atoms with Gasteiger partial charge in [0.25, 0.3) is 5.91 Å². The Morgan fingerprint density at radius 1 is 1.07 bits per heavy atom. The van der Waals surface area contributed by atoms with Crippen molar-refractivity contribution in [2.24, 2.45) is 0 Å². The standard InChI is InChI=1S/C22H23ClN2O3/c1-27-20-6-3-15(11-21(20)28-2)22(26)25-9-7-14(8-10-25)18-13-24-19-12-16(23)4-5-17(18)19/h3-6,11-14,24H,7-10H2,1-2H3. The number of carbonyl (C=O) groups excluding carboxylic acids is 1. The number of benzene rings is 2. The van der Waals surface area contributed by atoms with Crippen molar-refractivity contribution in [3.63, 3.8) is 0 Å². The molecule has 5 nitrogen and oxygen atoms in total. The van der Waals surface area contributed by atoms with Crippen molar-refractivity contribution in [1.29, 1.82) is 0 Å². The van der Waals surface area contributed by atoms with Crippen LogP contribution in [0.25, 0.3) is 10.9 Å². The normalized spacial score (nSPS) is 15.0. The molecule has 1 saturated heterocycles. The van der Waals surface area contributed by atoms with E-state index < -0.39 is 0 Å². The summed E-state index contributed by atoms with van der Waals surface area (Å²) in [4.78, 5) is 18.2. The second kappa shape index (κ2) is 7.76. The molecule has 0 saturated carbocycles. The van der Waals surface area contributed by atoms with E-state index in [2.05, 4.69) is 17.2 Å². The summed E-state index contributed by atoms with van der Waals surface area (Å²) in [6.45, 7) is 1.47. The molecule has 0 bridgehead atoms. The third-order valence-electron chi connectivity index (χ3n) is 5.53. The number of rotatable bonds is 4. The first-order valence-electron chi connectivity index (χ1n) is 9.38. The number of likely N-dealkylation sites (tertiary alicyclic amines) is 1. The molecular formula is C22H23ClN2O3. The highest BCUT2D eigenvalue weighted by Gasteiger charge is 2.26. The molecule has 0 unspecified atom stereocenters. The fraction of sp³-hybridized carbons (Fsp3) is 0.318. The quantitative estimate of drug-likeness (QED) is 0.682. The minimum absolute atomic E-state index is 0.0325. The van der Waals surface area contributed by atoms with Gasteiger partial charge in [0.15, 0.2) is 11.5 Å². The molecular weight excluding hydrogens is 376 g/mol. The third-order valence-corrected chi connectivity index (χ3v) is 5.76. The molecule has 1 aromatic heterocycles. The second-order valence-electron chi connectivity index (χ2n) is 7.07. The van der Waals surface area contributed by atoms with E-state index in [1.165, 1.54) is 10.9 Å². The Morgan fingerprint density at radius 3 is 2.54 bits per heavy atom. The van der Waals surface area contributed by atoms with E-state index in [9.17, 15) is 4.79 Å². The highest BCUT2D eigenvalue weighted by atomic mass is 35.5. The molecule has 1 N–H and O–H groups in total. The fourth-order valence-corrected chi connectivity index (χ4v) is 4.18. The van der Waals surface area contributed by atoms with E-state index in [0.29, 0.717) is 23.0 Å². The molecule has 0 radical (unpaired) electrons. The van der Waals surface area contributed by atoms with E-state index in [4.69, 9.17) is 21.1 Å². The number of hydrogen-bond acceptors (Lipinski definition) is 3. The summed E-state index contributed by atoms with van der Waals surface area (Å²) >= 11 is 6.09. The van der Waals surface area contributed by atoms with Gasteiger partial charge in [0.05, 0.1) is 14.2 Å². The number of aromatic nitrogens is 1. The zero-order valence-electron chi connectivity index (χ0n) is 16.0. The van der Waals surface area contributed by atoms with E-state index >= 15 is 0 Å². The summed E-state index contributed by atoms with van der Waals surface area (Å²) < 4.78 is 10.6. The Balaban J connectivity index is 1.47. The van der Waals surface area contributed by atoms with Crippen LogP contribution in [0.3, 0.4) is 0 Å². The summed E-state index contributed by atoms with van der Waals surface area (Å²) in [6, 6.07) is 11.3. The van der Waals surface area contributed by atoms with Gasteiger partial charge in [0.1, 0.15) is 0 Å². The van der Waals surface area contributed by atoms with Crippen LogP contribution in [-0.4, -0.2) is 43.1 Å². The first-order chi connectivity index (χ1) is 13.6. The maximum absolute atomic E-state index is 12.9. The molecule has 2 aromatic carbocycles. The van der Waals surface area contributed by atoms with Crippen LogP contribution < -0.4 is 9.47 Å². The Morgan fingerprint density at radius 2 is 1.82 bits per heavy atom. The topological polar surface area (TPSA) is 54.6 Å². The van der Waals surface area contributed by atoms with Gasteiger partial charge in [-0.1, -0.05) is 17.7 Å². The predicted molar refractivity (Wildman–Crippen MR) is 111 cm³/mol. The van der Waals surface area contributed by atoms with Crippen LogP contribution in [0, 0.1) is 0 Å². The van der Waals surface area contributed by atoms with Gasteiger partial charge in [-0.15, -0.1) is 0 Å².